The number of rotatable bonds is 4. The molecule has 3 rings (SSSR count). The first-order chi connectivity index (χ1) is 9.92. The van der Waals surface area contributed by atoms with E-state index in [-0.39, 0.29) is 0 Å². The van der Waals surface area contributed by atoms with Gasteiger partial charge in [0.05, 0.1) is 35.2 Å². The molecule has 0 unspecified atom stereocenters. The first-order valence-corrected chi connectivity index (χ1v) is 6.36. The lowest BCUT2D eigenvalue weighted by Gasteiger charge is -1.98. The number of para-hydroxylation sites is 2. The second kappa shape index (κ2) is 5.84. The topological polar surface area (TPSA) is 56.3 Å². The van der Waals surface area contributed by atoms with Crippen molar-refractivity contribution in [1.29, 1.82) is 0 Å². The van der Waals surface area contributed by atoms with E-state index in [1.165, 1.54) is 0 Å². The van der Waals surface area contributed by atoms with Gasteiger partial charge in [-0.05, 0) is 36.4 Å². The van der Waals surface area contributed by atoms with Crippen LogP contribution in [-0.2, 0) is 0 Å². The van der Waals surface area contributed by atoms with Gasteiger partial charge in [-0.1, -0.05) is 12.1 Å². The van der Waals surface area contributed by atoms with E-state index in [1.54, 1.807) is 12.4 Å². The summed E-state index contributed by atoms with van der Waals surface area (Å²) in [7, 11) is 0. The summed E-state index contributed by atoms with van der Waals surface area (Å²) in [6, 6.07) is 15.6. The average molecular weight is 262 g/mol. The van der Waals surface area contributed by atoms with E-state index in [0.29, 0.717) is 0 Å². The van der Waals surface area contributed by atoms with Crippen LogP contribution in [-0.4, -0.2) is 22.4 Å². The summed E-state index contributed by atoms with van der Waals surface area (Å²) in [5, 5.41) is 0. The molecule has 2 aromatic heterocycles. The number of aliphatic imine (C=N–C) groups is 2. The van der Waals surface area contributed by atoms with E-state index in [1.807, 2.05) is 60.9 Å². The van der Waals surface area contributed by atoms with Crippen LogP contribution in [0.4, 0.5) is 11.4 Å². The number of hydrogen-bond acceptors (Lipinski definition) is 2. The summed E-state index contributed by atoms with van der Waals surface area (Å²) in [6.07, 6.45) is 7.33. The fraction of sp³-hybridized carbons (Fsp3) is 0. The van der Waals surface area contributed by atoms with Crippen molar-refractivity contribution in [3.63, 3.8) is 0 Å². The van der Waals surface area contributed by atoms with Gasteiger partial charge < -0.3 is 9.97 Å². The third-order valence-electron chi connectivity index (χ3n) is 2.81. The van der Waals surface area contributed by atoms with Gasteiger partial charge >= 0.3 is 0 Å². The fourth-order valence-corrected chi connectivity index (χ4v) is 1.81. The maximum Gasteiger partial charge on any atom is 0.0887 e. The van der Waals surface area contributed by atoms with E-state index >= 15 is 0 Å². The van der Waals surface area contributed by atoms with Gasteiger partial charge in [-0.25, -0.2) is 0 Å². The largest absolute Gasteiger partial charge is 0.360 e. The smallest absolute Gasteiger partial charge is 0.0887 e. The van der Waals surface area contributed by atoms with Crippen LogP contribution < -0.4 is 0 Å². The molecule has 4 nitrogen and oxygen atoms in total. The molecule has 0 fully saturated rings. The summed E-state index contributed by atoms with van der Waals surface area (Å²) in [5.41, 5.74) is 3.61. The van der Waals surface area contributed by atoms with Crippen molar-refractivity contribution in [3.05, 3.63) is 72.3 Å². The minimum atomic E-state index is 0.838. The Bertz CT molecular complexity index is 644. The molecule has 0 aliphatic rings. The zero-order valence-electron chi connectivity index (χ0n) is 10.8. The number of benzene rings is 1. The second-order valence-electron chi connectivity index (χ2n) is 4.26. The molecule has 98 valence electrons. The molecule has 0 amide bonds. The van der Waals surface area contributed by atoms with Gasteiger partial charge in [-0.3, -0.25) is 9.98 Å². The molecule has 2 N–H and O–H groups in total. The predicted molar refractivity (Wildman–Crippen MR) is 82.5 cm³/mol. The van der Waals surface area contributed by atoms with Crippen molar-refractivity contribution >= 4 is 23.8 Å². The molecule has 3 aromatic rings. The van der Waals surface area contributed by atoms with Gasteiger partial charge in [0.15, 0.2) is 0 Å². The van der Waals surface area contributed by atoms with Crippen LogP contribution in [0.3, 0.4) is 0 Å². The fourth-order valence-electron chi connectivity index (χ4n) is 1.81. The summed E-state index contributed by atoms with van der Waals surface area (Å²) in [6.45, 7) is 0. The van der Waals surface area contributed by atoms with Crippen LogP contribution in [0.5, 0.6) is 0 Å². The monoisotopic (exact) mass is 262 g/mol. The standard InChI is InChI=1S/C16H14N4/c1-2-8-16(20-12-14-6-4-10-18-14)15(7-1)19-11-13-5-3-9-17-13/h1-12,17-18H. The number of aromatic nitrogens is 2. The third kappa shape index (κ3) is 2.92. The van der Waals surface area contributed by atoms with E-state index in [0.717, 1.165) is 22.8 Å². The van der Waals surface area contributed by atoms with Crippen LogP contribution in [0.25, 0.3) is 0 Å². The molecular weight excluding hydrogens is 248 g/mol. The molecule has 0 radical (unpaired) electrons. The van der Waals surface area contributed by atoms with Crippen molar-refractivity contribution < 1.29 is 0 Å². The number of hydrogen-bond donors (Lipinski definition) is 2. The van der Waals surface area contributed by atoms with Gasteiger partial charge in [0, 0.05) is 12.4 Å². The molecule has 2 heterocycles. The summed E-state index contributed by atoms with van der Waals surface area (Å²) >= 11 is 0. The molecule has 4 heteroatoms. The van der Waals surface area contributed by atoms with Crippen LogP contribution in [0.15, 0.2) is 70.9 Å². The molecular formula is C16H14N4. The zero-order chi connectivity index (χ0) is 13.6. The lowest BCUT2D eigenvalue weighted by Crippen LogP contribution is -1.80. The van der Waals surface area contributed by atoms with Crippen molar-refractivity contribution in [2.75, 3.05) is 0 Å². The Morgan fingerprint density at radius 3 is 1.55 bits per heavy atom. The molecule has 0 atom stereocenters. The molecule has 0 bridgehead atoms. The maximum atomic E-state index is 4.47. The van der Waals surface area contributed by atoms with Gasteiger partial charge in [0.2, 0.25) is 0 Å². The Morgan fingerprint density at radius 1 is 0.650 bits per heavy atom. The molecule has 20 heavy (non-hydrogen) atoms. The Morgan fingerprint density at radius 2 is 1.15 bits per heavy atom. The van der Waals surface area contributed by atoms with E-state index < -0.39 is 0 Å². The summed E-state index contributed by atoms with van der Waals surface area (Å²) < 4.78 is 0. The first-order valence-electron chi connectivity index (χ1n) is 6.36. The van der Waals surface area contributed by atoms with Crippen LogP contribution >= 0.6 is 0 Å². The SMILES string of the molecule is C(=Nc1ccccc1N=Cc1ccc[nH]1)c1ccc[nH]1. The summed E-state index contributed by atoms with van der Waals surface area (Å²) in [5.74, 6) is 0. The quantitative estimate of drug-likeness (QED) is 0.671. The molecule has 0 saturated heterocycles. The van der Waals surface area contributed by atoms with Crippen LogP contribution in [0.2, 0.25) is 0 Å². The molecule has 0 saturated carbocycles. The zero-order valence-corrected chi connectivity index (χ0v) is 10.8. The average Bonchev–Trinajstić information content (AvgIpc) is 3.17. The highest BCUT2D eigenvalue weighted by Crippen LogP contribution is 2.26. The summed E-state index contributed by atoms with van der Waals surface area (Å²) in [4.78, 5) is 15.1. The maximum absolute atomic E-state index is 4.47. The normalized spacial score (nSPS) is 11.6. The minimum absolute atomic E-state index is 0.838. The van der Waals surface area contributed by atoms with Crippen LogP contribution in [0.1, 0.15) is 11.4 Å². The van der Waals surface area contributed by atoms with Crippen molar-refractivity contribution in [2.24, 2.45) is 9.98 Å². The Labute approximate surface area is 116 Å². The molecule has 0 aliphatic carbocycles. The van der Waals surface area contributed by atoms with Crippen molar-refractivity contribution in [3.8, 4) is 0 Å². The van der Waals surface area contributed by atoms with E-state index in [4.69, 9.17) is 0 Å². The van der Waals surface area contributed by atoms with E-state index in [2.05, 4.69) is 20.0 Å². The Balaban J connectivity index is 1.85. The Hall–Kier alpha value is -2.88. The number of H-pyrrole nitrogens is 2. The van der Waals surface area contributed by atoms with Crippen molar-refractivity contribution in [2.45, 2.75) is 0 Å². The lowest BCUT2D eigenvalue weighted by atomic mass is 10.2. The van der Waals surface area contributed by atoms with E-state index in [9.17, 15) is 0 Å². The van der Waals surface area contributed by atoms with Crippen LogP contribution in [0, 0.1) is 0 Å². The molecule has 0 aliphatic heterocycles. The Kier molecular flexibility index (Phi) is 3.55. The lowest BCUT2D eigenvalue weighted by molar-refractivity contribution is 1.36. The molecule has 0 spiro atoms. The number of aromatic amines is 2. The van der Waals surface area contributed by atoms with Gasteiger partial charge in [-0.2, -0.15) is 0 Å². The molecule has 1 aromatic carbocycles. The predicted octanol–water partition coefficient (Wildman–Crippen LogP) is 3.84. The second-order valence-corrected chi connectivity index (χ2v) is 4.26. The third-order valence-corrected chi connectivity index (χ3v) is 2.81. The highest BCUT2D eigenvalue weighted by Gasteiger charge is 1.97. The number of nitrogens with zero attached hydrogens (tertiary/aromatic N) is 2. The van der Waals surface area contributed by atoms with Gasteiger partial charge in [0.1, 0.15) is 0 Å². The highest BCUT2D eigenvalue weighted by molar-refractivity contribution is 5.84. The highest BCUT2D eigenvalue weighted by atomic mass is 14.8. The first kappa shape index (κ1) is 12.2. The van der Waals surface area contributed by atoms with Crippen molar-refractivity contribution in [1.82, 2.24) is 9.97 Å². The minimum Gasteiger partial charge on any atom is -0.360 e. The number of nitrogens with one attached hydrogen (secondary N) is 2. The van der Waals surface area contributed by atoms with Gasteiger partial charge in [0.25, 0.3) is 0 Å². The van der Waals surface area contributed by atoms with Gasteiger partial charge in [-0.15, -0.1) is 0 Å².